The van der Waals surface area contributed by atoms with Crippen LogP contribution in [0.2, 0.25) is 0 Å². The summed E-state index contributed by atoms with van der Waals surface area (Å²) in [7, 11) is 0. The largest absolute Gasteiger partial charge is 0.462 e. The number of carbonyl (C=O) groups excluding carboxylic acids is 1. The fraction of sp³-hybridized carbons (Fsp3) is 0.375. The number of aromatic nitrogens is 1. The van der Waals surface area contributed by atoms with Gasteiger partial charge in [-0.15, -0.1) is 0 Å². The van der Waals surface area contributed by atoms with E-state index in [1.165, 1.54) is 6.20 Å². The molecule has 0 bridgehead atoms. The van der Waals surface area contributed by atoms with Crippen molar-refractivity contribution in [2.45, 2.75) is 6.92 Å². The van der Waals surface area contributed by atoms with Crippen molar-refractivity contribution in [2.24, 2.45) is 0 Å². The molecular weight excluding hydrogens is 364 g/mol. The maximum absolute atomic E-state index is 12.2. The first-order valence-electron chi connectivity index (χ1n) is 7.35. The second kappa shape index (κ2) is 8.81. The van der Waals surface area contributed by atoms with Gasteiger partial charge in [0.1, 0.15) is 5.56 Å². The molecule has 6 nitrogen and oxygen atoms in total. The van der Waals surface area contributed by atoms with Crippen LogP contribution in [0.4, 0.5) is 5.69 Å². The van der Waals surface area contributed by atoms with Crippen LogP contribution >= 0.6 is 15.9 Å². The van der Waals surface area contributed by atoms with Gasteiger partial charge in [0.2, 0.25) is 0 Å². The summed E-state index contributed by atoms with van der Waals surface area (Å²) in [6, 6.07) is 5.68. The Hall–Kier alpha value is -1.70. The number of pyridine rings is 1. The Bertz CT molecular complexity index is 678. The minimum Gasteiger partial charge on any atom is -0.462 e. The van der Waals surface area contributed by atoms with Gasteiger partial charge in [0.05, 0.1) is 37.6 Å². The van der Waals surface area contributed by atoms with Gasteiger partial charge in [-0.25, -0.2) is 4.79 Å². The molecule has 0 aliphatic rings. The van der Waals surface area contributed by atoms with Gasteiger partial charge in [0.25, 0.3) is 0 Å². The van der Waals surface area contributed by atoms with Gasteiger partial charge in [0, 0.05) is 22.6 Å². The molecule has 0 radical (unpaired) electrons. The molecule has 0 fully saturated rings. The topological polar surface area (TPSA) is 80.7 Å². The minimum atomic E-state index is -0.416. The van der Waals surface area contributed by atoms with Crippen molar-refractivity contribution >= 4 is 38.5 Å². The van der Waals surface area contributed by atoms with E-state index in [0.29, 0.717) is 31.0 Å². The maximum atomic E-state index is 12.2. The lowest BCUT2D eigenvalue weighted by molar-refractivity contribution is 0.0527. The van der Waals surface area contributed by atoms with Crippen LogP contribution in [0.5, 0.6) is 0 Å². The lowest BCUT2D eigenvalue weighted by atomic mass is 10.1. The highest BCUT2D eigenvalue weighted by molar-refractivity contribution is 9.10. The van der Waals surface area contributed by atoms with E-state index in [1.807, 2.05) is 18.2 Å². The zero-order valence-electron chi connectivity index (χ0n) is 12.8. The van der Waals surface area contributed by atoms with E-state index < -0.39 is 5.97 Å². The number of esters is 1. The number of rotatable bonds is 8. The molecule has 0 saturated heterocycles. The van der Waals surface area contributed by atoms with E-state index in [4.69, 9.17) is 14.6 Å². The van der Waals surface area contributed by atoms with Crippen molar-refractivity contribution in [2.75, 3.05) is 38.3 Å². The first-order valence-corrected chi connectivity index (χ1v) is 8.14. The summed E-state index contributed by atoms with van der Waals surface area (Å²) in [5.74, 6) is -0.416. The van der Waals surface area contributed by atoms with Crippen LogP contribution in [0.15, 0.2) is 28.9 Å². The van der Waals surface area contributed by atoms with Crippen LogP contribution < -0.4 is 5.32 Å². The van der Waals surface area contributed by atoms with Crippen LogP contribution in [-0.4, -0.2) is 49.0 Å². The summed E-state index contributed by atoms with van der Waals surface area (Å²) in [6.07, 6.45) is 1.52. The van der Waals surface area contributed by atoms with Gasteiger partial charge in [-0.05, 0) is 25.1 Å². The predicted octanol–water partition coefficient (Wildman–Crippen LogP) is 2.59. The number of hydrogen-bond donors (Lipinski definition) is 2. The average Bonchev–Trinajstić information content (AvgIpc) is 2.54. The van der Waals surface area contributed by atoms with Crippen molar-refractivity contribution in [3.05, 3.63) is 34.4 Å². The molecule has 2 aromatic rings. The van der Waals surface area contributed by atoms with Gasteiger partial charge in [-0.3, -0.25) is 4.98 Å². The second-order valence-electron chi connectivity index (χ2n) is 4.69. The van der Waals surface area contributed by atoms with Gasteiger partial charge in [0.15, 0.2) is 0 Å². The number of fused-ring (bicyclic) bond motifs is 1. The molecular formula is C16H19BrN2O4. The Balaban J connectivity index is 2.32. The highest BCUT2D eigenvalue weighted by atomic mass is 79.9. The van der Waals surface area contributed by atoms with Gasteiger partial charge >= 0.3 is 5.97 Å². The van der Waals surface area contributed by atoms with E-state index in [-0.39, 0.29) is 13.2 Å². The van der Waals surface area contributed by atoms with Crippen LogP contribution in [0.3, 0.4) is 0 Å². The van der Waals surface area contributed by atoms with Crippen LogP contribution in [-0.2, 0) is 9.47 Å². The van der Waals surface area contributed by atoms with Crippen molar-refractivity contribution in [3.8, 4) is 0 Å². The highest BCUT2D eigenvalue weighted by Gasteiger charge is 2.16. The fourth-order valence-electron chi connectivity index (χ4n) is 2.13. The summed E-state index contributed by atoms with van der Waals surface area (Å²) < 4.78 is 11.2. The van der Waals surface area contributed by atoms with Crippen molar-refractivity contribution in [1.29, 1.82) is 0 Å². The Labute approximate surface area is 142 Å². The van der Waals surface area contributed by atoms with Crippen LogP contribution in [0.25, 0.3) is 10.9 Å². The van der Waals surface area contributed by atoms with Gasteiger partial charge < -0.3 is 19.9 Å². The Morgan fingerprint density at radius 3 is 2.96 bits per heavy atom. The molecule has 0 aliphatic heterocycles. The molecule has 0 saturated carbocycles. The second-order valence-corrected chi connectivity index (χ2v) is 5.61. The number of nitrogens with zero attached hydrogens (tertiary/aromatic N) is 1. The molecule has 23 heavy (non-hydrogen) atoms. The van der Waals surface area contributed by atoms with E-state index in [9.17, 15) is 4.79 Å². The zero-order valence-corrected chi connectivity index (χ0v) is 14.4. The van der Waals surface area contributed by atoms with E-state index in [0.717, 1.165) is 15.4 Å². The first-order chi connectivity index (χ1) is 11.2. The van der Waals surface area contributed by atoms with Crippen molar-refractivity contribution < 1.29 is 19.4 Å². The number of nitrogens with one attached hydrogen (secondary N) is 1. The third-order valence-electron chi connectivity index (χ3n) is 3.11. The third-order valence-corrected chi connectivity index (χ3v) is 3.60. The van der Waals surface area contributed by atoms with Gasteiger partial charge in [-0.1, -0.05) is 15.9 Å². The number of anilines is 1. The number of benzene rings is 1. The first kappa shape index (κ1) is 17.7. The smallest absolute Gasteiger partial charge is 0.341 e. The monoisotopic (exact) mass is 382 g/mol. The molecule has 0 aliphatic carbocycles. The molecule has 1 aromatic carbocycles. The minimum absolute atomic E-state index is 0.0147. The number of ether oxygens (including phenoxy) is 2. The summed E-state index contributed by atoms with van der Waals surface area (Å²) in [5, 5.41) is 12.7. The quantitative estimate of drug-likeness (QED) is 0.539. The maximum Gasteiger partial charge on any atom is 0.341 e. The van der Waals surface area contributed by atoms with Crippen molar-refractivity contribution in [3.63, 3.8) is 0 Å². The summed E-state index contributed by atoms with van der Waals surface area (Å²) in [6.45, 7) is 3.25. The summed E-state index contributed by atoms with van der Waals surface area (Å²) >= 11 is 3.44. The molecule has 124 valence electrons. The van der Waals surface area contributed by atoms with Crippen molar-refractivity contribution in [1.82, 2.24) is 4.98 Å². The Morgan fingerprint density at radius 1 is 1.39 bits per heavy atom. The Morgan fingerprint density at radius 2 is 2.22 bits per heavy atom. The van der Waals surface area contributed by atoms with E-state index >= 15 is 0 Å². The number of carbonyl (C=O) groups is 1. The predicted molar refractivity (Wildman–Crippen MR) is 91.8 cm³/mol. The number of halogens is 1. The number of aliphatic hydroxyl groups is 1. The van der Waals surface area contributed by atoms with Gasteiger partial charge in [-0.2, -0.15) is 0 Å². The molecule has 0 spiro atoms. The van der Waals surface area contributed by atoms with Crippen LogP contribution in [0, 0.1) is 0 Å². The number of aliphatic hydroxyl groups excluding tert-OH is 1. The molecule has 2 N–H and O–H groups in total. The number of hydrogen-bond acceptors (Lipinski definition) is 6. The average molecular weight is 383 g/mol. The van der Waals surface area contributed by atoms with Crippen LogP contribution in [0.1, 0.15) is 17.3 Å². The third kappa shape index (κ3) is 4.63. The zero-order chi connectivity index (χ0) is 16.7. The van der Waals surface area contributed by atoms with E-state index in [2.05, 4.69) is 26.2 Å². The molecule has 0 atom stereocenters. The lowest BCUT2D eigenvalue weighted by Gasteiger charge is -2.14. The molecule has 1 aromatic heterocycles. The normalized spacial score (nSPS) is 10.7. The highest BCUT2D eigenvalue weighted by Crippen LogP contribution is 2.29. The fourth-order valence-corrected chi connectivity index (χ4v) is 2.49. The Kier molecular flexibility index (Phi) is 6.76. The summed E-state index contributed by atoms with van der Waals surface area (Å²) in [5.41, 5.74) is 1.84. The summed E-state index contributed by atoms with van der Waals surface area (Å²) in [4.78, 5) is 16.5. The molecule has 7 heteroatoms. The SMILES string of the molecule is CCOC(=O)c1cnc2ccc(Br)cc2c1NCCOCCO. The molecule has 0 amide bonds. The lowest BCUT2D eigenvalue weighted by Crippen LogP contribution is -2.15. The molecule has 2 rings (SSSR count). The van der Waals surface area contributed by atoms with E-state index in [1.54, 1.807) is 6.92 Å². The molecule has 0 unspecified atom stereocenters. The molecule has 1 heterocycles. The standard InChI is InChI=1S/C16H19BrN2O4/c1-2-23-16(21)13-10-19-14-4-3-11(17)9-12(14)15(13)18-5-7-22-8-6-20/h3-4,9-10,20H,2,5-8H2,1H3,(H,18,19).